The molecule has 0 bridgehead atoms. The van der Waals surface area contributed by atoms with Crippen LogP contribution >= 0.6 is 11.3 Å². The zero-order valence-electron chi connectivity index (χ0n) is 21.9. The van der Waals surface area contributed by atoms with Crippen molar-refractivity contribution in [3.05, 3.63) is 44.9 Å². The Kier molecular flexibility index (Phi) is 5.99. The van der Waals surface area contributed by atoms with Gasteiger partial charge in [0.15, 0.2) is 0 Å². The molecule has 1 unspecified atom stereocenters. The van der Waals surface area contributed by atoms with Crippen LogP contribution in [0.2, 0.25) is 0 Å². The van der Waals surface area contributed by atoms with E-state index in [4.69, 9.17) is 0 Å². The molecule has 39 heavy (non-hydrogen) atoms. The van der Waals surface area contributed by atoms with Crippen LogP contribution in [-0.2, 0) is 5.66 Å². The van der Waals surface area contributed by atoms with Gasteiger partial charge in [0, 0.05) is 32.0 Å². The molecule has 6 rings (SSSR count). The number of aryl methyl sites for hydroxylation is 1. The summed E-state index contributed by atoms with van der Waals surface area (Å²) in [7, 11) is 4.01. The van der Waals surface area contributed by atoms with E-state index in [1.54, 1.807) is 19.1 Å². The number of hydrogen-bond acceptors (Lipinski definition) is 8. The molecule has 206 valence electrons. The van der Waals surface area contributed by atoms with E-state index in [-0.39, 0.29) is 30.1 Å². The average Bonchev–Trinajstić information content (AvgIpc) is 3.61. The van der Waals surface area contributed by atoms with Gasteiger partial charge in [-0.05, 0) is 58.0 Å². The van der Waals surface area contributed by atoms with E-state index in [0.717, 1.165) is 6.42 Å². The van der Waals surface area contributed by atoms with E-state index >= 15 is 0 Å². The summed E-state index contributed by atoms with van der Waals surface area (Å²) in [6.45, 7) is 3.04. The molecule has 3 aromatic rings. The predicted molar refractivity (Wildman–Crippen MR) is 143 cm³/mol. The van der Waals surface area contributed by atoms with Crippen molar-refractivity contribution >= 4 is 44.9 Å². The van der Waals surface area contributed by atoms with E-state index < -0.39 is 35.9 Å². The van der Waals surface area contributed by atoms with Crippen molar-refractivity contribution in [3.63, 3.8) is 0 Å². The van der Waals surface area contributed by atoms with Gasteiger partial charge in [0.05, 0.1) is 10.3 Å². The monoisotopic (exact) mass is 557 g/mol. The van der Waals surface area contributed by atoms with E-state index in [0.29, 0.717) is 45.6 Å². The van der Waals surface area contributed by atoms with Crippen LogP contribution in [0.1, 0.15) is 57.8 Å². The Morgan fingerprint density at radius 3 is 2.62 bits per heavy atom. The molecule has 1 saturated heterocycles. The van der Waals surface area contributed by atoms with Gasteiger partial charge in [0.2, 0.25) is 5.92 Å². The fourth-order valence-electron chi connectivity index (χ4n) is 5.92. The fourth-order valence-corrected chi connectivity index (χ4v) is 6.89. The number of fused-ring (bicyclic) bond motifs is 3. The van der Waals surface area contributed by atoms with Gasteiger partial charge < -0.3 is 20.4 Å². The number of pyridine rings is 1. The lowest BCUT2D eigenvalue weighted by Gasteiger charge is -2.38. The molecule has 1 spiro atoms. The minimum Gasteiger partial charge on any atom is -0.336 e. The molecule has 2 N–H and O–H groups in total. The van der Waals surface area contributed by atoms with Crippen LogP contribution in [0, 0.1) is 6.92 Å². The van der Waals surface area contributed by atoms with Gasteiger partial charge in [-0.2, -0.15) is 0 Å². The Labute approximate surface area is 227 Å². The highest BCUT2D eigenvalue weighted by Gasteiger charge is 2.51. The fraction of sp³-hybridized carbons (Fsp3) is 0.500. The maximum absolute atomic E-state index is 14.0. The van der Waals surface area contributed by atoms with Crippen molar-refractivity contribution in [2.75, 3.05) is 32.5 Å². The van der Waals surface area contributed by atoms with Gasteiger partial charge in [-0.15, -0.1) is 11.3 Å². The summed E-state index contributed by atoms with van der Waals surface area (Å²) in [5, 5.41) is 6.50. The number of hydrogen-bond donors (Lipinski definition) is 2. The van der Waals surface area contributed by atoms with Gasteiger partial charge in [0.25, 0.3) is 17.4 Å². The van der Waals surface area contributed by atoms with Crippen LogP contribution in [0.3, 0.4) is 0 Å². The normalized spacial score (nSPS) is 21.5. The van der Waals surface area contributed by atoms with Crippen molar-refractivity contribution in [2.24, 2.45) is 0 Å². The summed E-state index contributed by atoms with van der Waals surface area (Å²) in [5.41, 5.74) is -0.786. The molecule has 5 heterocycles. The van der Waals surface area contributed by atoms with Crippen LogP contribution in [0.15, 0.2) is 23.3 Å². The minimum absolute atomic E-state index is 0.0412. The zero-order valence-corrected chi connectivity index (χ0v) is 22.7. The molecular weight excluding hydrogens is 528 g/mol. The summed E-state index contributed by atoms with van der Waals surface area (Å²) in [6.07, 6.45) is 1.36. The van der Waals surface area contributed by atoms with Crippen molar-refractivity contribution in [3.8, 4) is 0 Å². The lowest BCUT2D eigenvalue weighted by Crippen LogP contribution is -2.51. The first-order valence-corrected chi connectivity index (χ1v) is 13.7. The zero-order chi connectivity index (χ0) is 27.7. The van der Waals surface area contributed by atoms with E-state index in [2.05, 4.69) is 25.5 Å². The van der Waals surface area contributed by atoms with Crippen LogP contribution in [0.5, 0.6) is 0 Å². The molecule has 13 heteroatoms. The first-order valence-electron chi connectivity index (χ1n) is 12.9. The summed E-state index contributed by atoms with van der Waals surface area (Å²) in [4.78, 5) is 53.5. The largest absolute Gasteiger partial charge is 0.336 e. The average molecular weight is 558 g/mol. The summed E-state index contributed by atoms with van der Waals surface area (Å²) < 4.78 is 29.3. The Morgan fingerprint density at radius 2 is 1.92 bits per heavy atom. The number of anilines is 2. The third kappa shape index (κ3) is 4.27. The van der Waals surface area contributed by atoms with Gasteiger partial charge in [0.1, 0.15) is 34.0 Å². The minimum atomic E-state index is -2.82. The first kappa shape index (κ1) is 25.8. The maximum atomic E-state index is 14.0. The van der Waals surface area contributed by atoms with Crippen LogP contribution in [0.25, 0.3) is 10.2 Å². The van der Waals surface area contributed by atoms with Crippen molar-refractivity contribution < 1.29 is 18.4 Å². The van der Waals surface area contributed by atoms with Crippen molar-refractivity contribution in [1.82, 2.24) is 29.7 Å². The highest BCUT2D eigenvalue weighted by Crippen LogP contribution is 2.43. The first-order chi connectivity index (χ1) is 18.5. The SMILES string of the molecule is Cc1cc(Nc2ncnc3sc(C(=O)N4CCC(N(C)C)C4)cc23)c(=O)n2c1C(=O)NC21CCC(F)(F)CC1. The number of nitrogens with one attached hydrogen (secondary N) is 2. The lowest BCUT2D eigenvalue weighted by molar-refractivity contribution is -0.0667. The second kappa shape index (κ2) is 9.05. The number of halogens is 2. The topological polar surface area (TPSA) is 112 Å². The summed E-state index contributed by atoms with van der Waals surface area (Å²) in [5.74, 6) is -2.98. The third-order valence-corrected chi connectivity index (χ3v) is 9.19. The molecule has 1 saturated carbocycles. The molecular formula is C26H29F2N7O3S. The van der Waals surface area contributed by atoms with Crippen LogP contribution in [-0.4, -0.2) is 75.3 Å². The van der Waals surface area contributed by atoms with E-state index in [1.807, 2.05) is 19.0 Å². The number of carbonyl (C=O) groups is 2. The second-order valence-corrected chi connectivity index (χ2v) is 11.9. The Hall–Kier alpha value is -3.45. The number of likely N-dealkylation sites (N-methyl/N-ethyl adjacent to an activating group) is 1. The molecule has 3 aliphatic rings. The standard InChI is InChI=1S/C26H29F2N7O3S/c1-14-10-17(23(37)35-19(14)21(36)32-26(35)7-5-25(27,28)6-8-26)31-20-16-11-18(39-22(16)30-13-29-20)24(38)34-9-4-15(12-34)33(2)3/h10-11,13,15H,4-9,12H2,1-3H3,(H,32,36)(H,29,30,31). The molecule has 0 radical (unpaired) electrons. The molecule has 2 fully saturated rings. The molecule has 10 nitrogen and oxygen atoms in total. The van der Waals surface area contributed by atoms with Gasteiger partial charge in [-0.3, -0.25) is 19.0 Å². The number of rotatable bonds is 4. The number of thiophene rings is 1. The summed E-state index contributed by atoms with van der Waals surface area (Å²) in [6, 6.07) is 3.63. The summed E-state index contributed by atoms with van der Waals surface area (Å²) >= 11 is 1.27. The highest BCUT2D eigenvalue weighted by molar-refractivity contribution is 7.20. The van der Waals surface area contributed by atoms with E-state index in [1.165, 1.54) is 22.2 Å². The third-order valence-electron chi connectivity index (χ3n) is 8.16. The predicted octanol–water partition coefficient (Wildman–Crippen LogP) is 3.29. The van der Waals surface area contributed by atoms with E-state index in [9.17, 15) is 23.2 Å². The second-order valence-electron chi connectivity index (χ2n) is 10.9. The van der Waals surface area contributed by atoms with Gasteiger partial charge in [-0.25, -0.2) is 18.7 Å². The molecule has 1 aliphatic carbocycles. The Morgan fingerprint density at radius 1 is 1.18 bits per heavy atom. The molecule has 2 aliphatic heterocycles. The number of carbonyl (C=O) groups excluding carboxylic acids is 2. The van der Waals surface area contributed by atoms with Gasteiger partial charge in [-0.1, -0.05) is 0 Å². The van der Waals surface area contributed by atoms with Gasteiger partial charge >= 0.3 is 0 Å². The Bertz CT molecular complexity index is 1560. The molecule has 1 atom stereocenters. The molecule has 3 aromatic heterocycles. The number of likely N-dealkylation sites (tertiary alicyclic amines) is 1. The highest BCUT2D eigenvalue weighted by atomic mass is 32.1. The molecule has 0 aromatic carbocycles. The van der Waals surface area contributed by atoms with Crippen LogP contribution in [0.4, 0.5) is 20.3 Å². The number of amides is 2. The maximum Gasteiger partial charge on any atom is 0.276 e. The van der Waals surface area contributed by atoms with Crippen molar-refractivity contribution in [2.45, 2.75) is 56.7 Å². The number of nitrogens with zero attached hydrogens (tertiary/aromatic N) is 5. The van der Waals surface area contributed by atoms with Crippen LogP contribution < -0.4 is 16.2 Å². The molecule has 2 amide bonds. The quantitative estimate of drug-likeness (QED) is 0.506. The number of alkyl halides is 2. The Balaban J connectivity index is 1.34. The lowest BCUT2D eigenvalue weighted by atomic mass is 9.86. The van der Waals surface area contributed by atoms with Crippen molar-refractivity contribution in [1.29, 1.82) is 0 Å². The smallest absolute Gasteiger partial charge is 0.276 e. The number of aromatic nitrogens is 3.